The van der Waals surface area contributed by atoms with E-state index in [1.54, 1.807) is 0 Å². The summed E-state index contributed by atoms with van der Waals surface area (Å²) in [4.78, 5) is 3.36. The lowest BCUT2D eigenvalue weighted by Gasteiger charge is -2.17. The fraction of sp³-hybridized carbons (Fsp3) is 0.375. The topological polar surface area (TPSA) is 22.1 Å². The number of ether oxygens (including phenoxy) is 1. The van der Waals surface area contributed by atoms with Crippen LogP contribution in [0.25, 0.3) is 0 Å². The molecule has 17 heavy (non-hydrogen) atoms. The van der Waals surface area contributed by atoms with Gasteiger partial charge in [0.25, 0.3) is 0 Å². The van der Waals surface area contributed by atoms with E-state index in [0.29, 0.717) is 0 Å². The highest BCUT2D eigenvalue weighted by Gasteiger charge is 2.42. The molecule has 0 bridgehead atoms. The molecule has 9 heteroatoms. The van der Waals surface area contributed by atoms with Gasteiger partial charge in [0.15, 0.2) is 5.75 Å². The zero-order valence-electron chi connectivity index (χ0n) is 8.08. The lowest BCUT2D eigenvalue weighted by atomic mass is 10.2. The largest absolute Gasteiger partial charge is 0.573 e. The van der Waals surface area contributed by atoms with Crippen molar-refractivity contribution in [3.8, 4) is 5.75 Å². The van der Waals surface area contributed by atoms with Crippen LogP contribution in [0.15, 0.2) is 6.20 Å². The molecular formula is C8H4F6INO. The van der Waals surface area contributed by atoms with E-state index in [9.17, 15) is 26.3 Å². The van der Waals surface area contributed by atoms with E-state index >= 15 is 0 Å². The van der Waals surface area contributed by atoms with Crippen LogP contribution in [-0.2, 0) is 6.18 Å². The van der Waals surface area contributed by atoms with Gasteiger partial charge in [-0.15, -0.1) is 13.2 Å². The summed E-state index contributed by atoms with van der Waals surface area (Å²) in [5.74, 6) is -1.27. The Hall–Kier alpha value is -0.740. The number of alkyl halides is 6. The quantitative estimate of drug-likeness (QED) is 0.552. The lowest BCUT2D eigenvalue weighted by Crippen LogP contribution is -2.22. The van der Waals surface area contributed by atoms with Crippen LogP contribution < -0.4 is 4.74 Å². The molecule has 0 radical (unpaired) electrons. The van der Waals surface area contributed by atoms with Crippen molar-refractivity contribution < 1.29 is 31.1 Å². The van der Waals surface area contributed by atoms with E-state index in [2.05, 4.69) is 9.72 Å². The van der Waals surface area contributed by atoms with Gasteiger partial charge in [-0.25, -0.2) is 0 Å². The van der Waals surface area contributed by atoms with E-state index in [-0.39, 0.29) is 3.57 Å². The van der Waals surface area contributed by atoms with Crippen LogP contribution in [0.5, 0.6) is 5.75 Å². The lowest BCUT2D eigenvalue weighted by molar-refractivity contribution is -0.276. The molecule has 0 spiro atoms. The van der Waals surface area contributed by atoms with Crippen molar-refractivity contribution in [3.63, 3.8) is 0 Å². The van der Waals surface area contributed by atoms with Crippen molar-refractivity contribution >= 4 is 22.6 Å². The average Bonchev–Trinajstić information content (AvgIpc) is 2.06. The maximum Gasteiger partial charge on any atom is 0.573 e. The van der Waals surface area contributed by atoms with Crippen molar-refractivity contribution in [1.29, 1.82) is 0 Å². The van der Waals surface area contributed by atoms with Crippen LogP contribution in [-0.4, -0.2) is 11.3 Å². The second-order valence-corrected chi connectivity index (χ2v) is 4.10. The second-order valence-electron chi connectivity index (χ2n) is 2.94. The highest BCUT2D eigenvalue weighted by molar-refractivity contribution is 14.1. The van der Waals surface area contributed by atoms with Gasteiger partial charge in [0.05, 0.1) is 9.26 Å². The number of hydrogen-bond donors (Lipinski definition) is 0. The van der Waals surface area contributed by atoms with Gasteiger partial charge in [0, 0.05) is 6.20 Å². The monoisotopic (exact) mass is 371 g/mol. The van der Waals surface area contributed by atoms with Crippen molar-refractivity contribution in [3.05, 3.63) is 21.0 Å². The molecule has 0 saturated heterocycles. The first-order valence-corrected chi connectivity index (χ1v) is 5.08. The zero-order valence-corrected chi connectivity index (χ0v) is 10.2. The predicted octanol–water partition coefficient (Wildman–Crippen LogP) is 3.91. The van der Waals surface area contributed by atoms with Crippen molar-refractivity contribution in [2.45, 2.75) is 19.5 Å². The Bertz CT molecular complexity index is 427. The third kappa shape index (κ3) is 3.61. The van der Waals surface area contributed by atoms with Gasteiger partial charge >= 0.3 is 12.5 Å². The third-order valence-corrected chi connectivity index (χ3v) is 2.45. The smallest absolute Gasteiger partial charge is 0.404 e. The van der Waals surface area contributed by atoms with E-state index in [1.165, 1.54) is 22.6 Å². The number of hydrogen-bond acceptors (Lipinski definition) is 2. The van der Waals surface area contributed by atoms with Crippen LogP contribution >= 0.6 is 22.6 Å². The molecule has 1 heterocycles. The number of rotatable bonds is 1. The molecule has 0 atom stereocenters. The Morgan fingerprint density at radius 1 is 1.18 bits per heavy atom. The molecular weight excluding hydrogens is 367 g/mol. The number of halogens is 7. The minimum absolute atomic E-state index is 0.363. The van der Waals surface area contributed by atoms with Gasteiger partial charge in [-0.2, -0.15) is 13.2 Å². The van der Waals surface area contributed by atoms with Crippen LogP contribution in [0.1, 0.15) is 11.3 Å². The highest BCUT2D eigenvalue weighted by atomic mass is 127. The van der Waals surface area contributed by atoms with Crippen LogP contribution in [0, 0.1) is 10.5 Å². The van der Waals surface area contributed by atoms with E-state index in [0.717, 1.165) is 13.1 Å². The molecule has 0 aliphatic rings. The molecule has 1 rings (SSSR count). The minimum Gasteiger partial charge on any atom is -0.404 e. The SMILES string of the molecule is Cc1ncc(I)c(OC(F)(F)F)c1C(F)(F)F. The molecule has 0 saturated carbocycles. The summed E-state index contributed by atoms with van der Waals surface area (Å²) >= 11 is 1.30. The summed E-state index contributed by atoms with van der Waals surface area (Å²) in [6, 6.07) is 0. The average molecular weight is 371 g/mol. The van der Waals surface area contributed by atoms with Gasteiger partial charge in [-0.05, 0) is 29.5 Å². The van der Waals surface area contributed by atoms with Crippen molar-refractivity contribution in [1.82, 2.24) is 4.98 Å². The fourth-order valence-corrected chi connectivity index (χ4v) is 1.63. The maximum atomic E-state index is 12.6. The van der Waals surface area contributed by atoms with Gasteiger partial charge < -0.3 is 4.74 Å². The normalized spacial score (nSPS) is 12.7. The molecule has 2 nitrogen and oxygen atoms in total. The standard InChI is InChI=1S/C8H4F6INO/c1-3-5(7(9,10)11)6(4(15)2-16-3)17-8(12,13)14/h2H,1H3. The first-order chi connectivity index (χ1) is 7.52. The summed E-state index contributed by atoms with van der Waals surface area (Å²) in [5.41, 5.74) is -2.08. The van der Waals surface area contributed by atoms with E-state index < -0.39 is 29.5 Å². The molecule has 0 unspecified atom stereocenters. The van der Waals surface area contributed by atoms with Gasteiger partial charge in [-0.3, -0.25) is 4.98 Å². The summed E-state index contributed by atoms with van der Waals surface area (Å²) in [7, 11) is 0. The van der Waals surface area contributed by atoms with Crippen LogP contribution in [0.2, 0.25) is 0 Å². The highest BCUT2D eigenvalue weighted by Crippen LogP contribution is 2.41. The Morgan fingerprint density at radius 3 is 2.12 bits per heavy atom. The first-order valence-electron chi connectivity index (χ1n) is 4.00. The van der Waals surface area contributed by atoms with Crippen LogP contribution in [0.3, 0.4) is 0 Å². The molecule has 0 fully saturated rings. The number of aryl methyl sites for hydroxylation is 1. The molecule has 0 aromatic carbocycles. The number of nitrogens with zero attached hydrogens (tertiary/aromatic N) is 1. The van der Waals surface area contributed by atoms with E-state index in [4.69, 9.17) is 0 Å². The predicted molar refractivity (Wildman–Crippen MR) is 53.4 cm³/mol. The molecule has 96 valence electrons. The fourth-order valence-electron chi connectivity index (χ4n) is 1.11. The van der Waals surface area contributed by atoms with Gasteiger partial charge in [0.2, 0.25) is 0 Å². The van der Waals surface area contributed by atoms with E-state index in [1.807, 2.05) is 0 Å². The molecule has 1 aromatic rings. The molecule has 0 aliphatic carbocycles. The Kier molecular flexibility index (Phi) is 3.79. The Labute approximate surface area is 105 Å². The molecule has 0 aliphatic heterocycles. The van der Waals surface area contributed by atoms with Gasteiger partial charge in [0.1, 0.15) is 5.56 Å². The van der Waals surface area contributed by atoms with Gasteiger partial charge in [-0.1, -0.05) is 0 Å². The third-order valence-electron chi connectivity index (χ3n) is 1.68. The summed E-state index contributed by atoms with van der Waals surface area (Å²) in [6.07, 6.45) is -9.27. The van der Waals surface area contributed by atoms with Crippen molar-refractivity contribution in [2.24, 2.45) is 0 Å². The van der Waals surface area contributed by atoms with Crippen molar-refractivity contribution in [2.75, 3.05) is 0 Å². The summed E-state index contributed by atoms with van der Waals surface area (Å²) in [6.45, 7) is 0.960. The summed E-state index contributed by atoms with van der Waals surface area (Å²) in [5, 5.41) is 0. The zero-order chi connectivity index (χ0) is 13.4. The van der Waals surface area contributed by atoms with Crippen LogP contribution in [0.4, 0.5) is 26.3 Å². The Balaban J connectivity index is 3.41. The number of aromatic nitrogens is 1. The minimum atomic E-state index is -5.19. The number of pyridine rings is 1. The molecule has 1 aromatic heterocycles. The first kappa shape index (κ1) is 14.3. The maximum absolute atomic E-state index is 12.6. The second kappa shape index (κ2) is 4.50. The Morgan fingerprint density at radius 2 is 1.71 bits per heavy atom. The molecule has 0 N–H and O–H groups in total. The summed E-state index contributed by atoms with van der Waals surface area (Å²) < 4.78 is 76.8. The molecule has 0 amide bonds.